The second-order valence-corrected chi connectivity index (χ2v) is 7.68. The molecule has 1 aromatic heterocycles. The van der Waals surface area contributed by atoms with E-state index in [9.17, 15) is 4.79 Å². The molecule has 0 unspecified atom stereocenters. The lowest BCUT2D eigenvalue weighted by atomic mass is 10.2. The SMILES string of the molecule is CCNC(=NCc1cccs1)NCCC(=O)N(C)Cc1ccccc1Br.I. The Labute approximate surface area is 190 Å². The molecule has 0 radical (unpaired) electrons. The fraction of sp³-hybridized carbons (Fsp3) is 0.368. The van der Waals surface area contributed by atoms with E-state index in [1.54, 1.807) is 16.2 Å². The Hall–Kier alpha value is -1.13. The van der Waals surface area contributed by atoms with E-state index in [0.717, 1.165) is 22.5 Å². The number of thiophene rings is 1. The van der Waals surface area contributed by atoms with Crippen LogP contribution in [-0.4, -0.2) is 36.9 Å². The van der Waals surface area contributed by atoms with Gasteiger partial charge in [-0.3, -0.25) is 4.79 Å². The van der Waals surface area contributed by atoms with Crippen molar-refractivity contribution in [3.63, 3.8) is 0 Å². The van der Waals surface area contributed by atoms with Crippen LogP contribution in [0.4, 0.5) is 0 Å². The van der Waals surface area contributed by atoms with Gasteiger partial charge in [-0.25, -0.2) is 4.99 Å². The maximum atomic E-state index is 12.4. The number of nitrogens with one attached hydrogen (secondary N) is 2. The van der Waals surface area contributed by atoms with Gasteiger partial charge in [-0.1, -0.05) is 40.2 Å². The molecule has 0 fully saturated rings. The molecule has 0 atom stereocenters. The highest BCUT2D eigenvalue weighted by Crippen LogP contribution is 2.17. The molecular weight excluding hydrogens is 539 g/mol. The summed E-state index contributed by atoms with van der Waals surface area (Å²) in [6, 6.07) is 12.0. The summed E-state index contributed by atoms with van der Waals surface area (Å²) in [7, 11) is 1.83. The third-order valence-corrected chi connectivity index (χ3v) is 5.37. The van der Waals surface area contributed by atoms with E-state index < -0.39 is 0 Å². The van der Waals surface area contributed by atoms with Crippen molar-refractivity contribution in [1.29, 1.82) is 0 Å². The minimum absolute atomic E-state index is 0. The summed E-state index contributed by atoms with van der Waals surface area (Å²) in [6.07, 6.45) is 0.421. The lowest BCUT2D eigenvalue weighted by Crippen LogP contribution is -2.39. The standard InChI is InChI=1S/C19H25BrN4OS.HI/c1-3-21-19(23-13-16-8-6-12-26-16)22-11-10-18(25)24(2)14-15-7-4-5-9-17(15)20;/h4-9,12H,3,10-11,13-14H2,1-2H3,(H2,21,22,23);1H. The van der Waals surface area contributed by atoms with Gasteiger partial charge in [0.1, 0.15) is 0 Å². The van der Waals surface area contributed by atoms with Crippen LogP contribution in [0.15, 0.2) is 51.2 Å². The lowest BCUT2D eigenvalue weighted by Gasteiger charge is -2.19. The number of carbonyl (C=O) groups excluding carboxylic acids is 1. The van der Waals surface area contributed by atoms with Crippen molar-refractivity contribution in [1.82, 2.24) is 15.5 Å². The third kappa shape index (κ3) is 8.61. The van der Waals surface area contributed by atoms with Gasteiger partial charge in [-0.2, -0.15) is 0 Å². The average Bonchev–Trinajstić information content (AvgIpc) is 3.15. The molecule has 0 aliphatic carbocycles. The maximum Gasteiger partial charge on any atom is 0.224 e. The normalized spacial score (nSPS) is 10.9. The minimum Gasteiger partial charge on any atom is -0.357 e. The molecular formula is C19H26BrIN4OS. The molecule has 148 valence electrons. The zero-order valence-electron chi connectivity index (χ0n) is 15.6. The van der Waals surface area contributed by atoms with Crippen LogP contribution in [0.25, 0.3) is 0 Å². The number of halogens is 2. The van der Waals surface area contributed by atoms with Crippen LogP contribution >= 0.6 is 51.2 Å². The Kier molecular flexibility index (Phi) is 11.6. The molecule has 1 heterocycles. The van der Waals surface area contributed by atoms with Gasteiger partial charge in [-0.05, 0) is 30.0 Å². The second kappa shape index (κ2) is 13.1. The smallest absolute Gasteiger partial charge is 0.224 e. The molecule has 0 spiro atoms. The van der Waals surface area contributed by atoms with Gasteiger partial charge in [0.25, 0.3) is 0 Å². The van der Waals surface area contributed by atoms with Crippen LogP contribution in [0.2, 0.25) is 0 Å². The number of nitrogens with zero attached hydrogens (tertiary/aromatic N) is 2. The Morgan fingerprint density at radius 1 is 1.22 bits per heavy atom. The molecule has 0 aliphatic heterocycles. The minimum atomic E-state index is 0. The fourth-order valence-corrected chi connectivity index (χ4v) is 3.39. The molecule has 8 heteroatoms. The maximum absolute atomic E-state index is 12.4. The summed E-state index contributed by atoms with van der Waals surface area (Å²) in [5.74, 6) is 0.838. The summed E-state index contributed by atoms with van der Waals surface area (Å²) < 4.78 is 1.02. The monoisotopic (exact) mass is 564 g/mol. The summed E-state index contributed by atoms with van der Waals surface area (Å²) in [6.45, 7) is 4.59. The molecule has 27 heavy (non-hydrogen) atoms. The van der Waals surface area contributed by atoms with Crippen molar-refractivity contribution < 1.29 is 4.79 Å². The van der Waals surface area contributed by atoms with Crippen LogP contribution in [0.5, 0.6) is 0 Å². The third-order valence-electron chi connectivity index (χ3n) is 3.74. The van der Waals surface area contributed by atoms with E-state index in [4.69, 9.17) is 0 Å². The van der Waals surface area contributed by atoms with Crippen molar-refractivity contribution in [3.05, 3.63) is 56.7 Å². The van der Waals surface area contributed by atoms with E-state index in [2.05, 4.69) is 37.6 Å². The van der Waals surface area contributed by atoms with Crippen molar-refractivity contribution in [2.24, 2.45) is 4.99 Å². The van der Waals surface area contributed by atoms with Gasteiger partial charge in [0.15, 0.2) is 5.96 Å². The molecule has 5 nitrogen and oxygen atoms in total. The molecule has 2 N–H and O–H groups in total. The zero-order valence-corrected chi connectivity index (χ0v) is 20.3. The van der Waals surface area contributed by atoms with E-state index in [0.29, 0.717) is 26.1 Å². The second-order valence-electron chi connectivity index (χ2n) is 5.79. The molecule has 0 bridgehead atoms. The Bertz CT molecular complexity index is 724. The number of hydrogen-bond acceptors (Lipinski definition) is 3. The molecule has 0 saturated carbocycles. The number of aliphatic imine (C=N–C) groups is 1. The highest BCUT2D eigenvalue weighted by atomic mass is 127. The summed E-state index contributed by atoms with van der Waals surface area (Å²) in [4.78, 5) is 19.9. The first-order valence-corrected chi connectivity index (χ1v) is 10.3. The topological polar surface area (TPSA) is 56.7 Å². The van der Waals surface area contributed by atoms with E-state index in [-0.39, 0.29) is 29.9 Å². The Morgan fingerprint density at radius 3 is 2.67 bits per heavy atom. The largest absolute Gasteiger partial charge is 0.357 e. The highest BCUT2D eigenvalue weighted by Gasteiger charge is 2.11. The first kappa shape index (κ1) is 23.9. The van der Waals surface area contributed by atoms with E-state index in [1.165, 1.54) is 4.88 Å². The van der Waals surface area contributed by atoms with E-state index >= 15 is 0 Å². The predicted molar refractivity (Wildman–Crippen MR) is 128 cm³/mol. The van der Waals surface area contributed by atoms with Gasteiger partial charge in [-0.15, -0.1) is 35.3 Å². The molecule has 1 aromatic carbocycles. The fourth-order valence-electron chi connectivity index (χ4n) is 2.35. The predicted octanol–water partition coefficient (Wildman–Crippen LogP) is 4.23. The van der Waals surface area contributed by atoms with Gasteiger partial charge >= 0.3 is 0 Å². The van der Waals surface area contributed by atoms with Gasteiger partial charge in [0, 0.05) is 42.5 Å². The van der Waals surface area contributed by atoms with E-state index in [1.807, 2.05) is 49.7 Å². The first-order chi connectivity index (χ1) is 12.6. The van der Waals surface area contributed by atoms with Crippen LogP contribution in [-0.2, 0) is 17.9 Å². The highest BCUT2D eigenvalue weighted by molar-refractivity contribution is 14.0. The van der Waals surface area contributed by atoms with Gasteiger partial charge in [0.05, 0.1) is 6.54 Å². The molecule has 2 rings (SSSR count). The van der Waals surface area contributed by atoms with Gasteiger partial charge < -0.3 is 15.5 Å². The summed E-state index contributed by atoms with van der Waals surface area (Å²) in [5, 5.41) is 8.49. The van der Waals surface area contributed by atoms with Crippen LogP contribution in [0.3, 0.4) is 0 Å². The van der Waals surface area contributed by atoms with Crippen LogP contribution in [0, 0.1) is 0 Å². The Balaban J connectivity index is 0.00000364. The number of hydrogen-bond donors (Lipinski definition) is 2. The zero-order chi connectivity index (χ0) is 18.8. The number of rotatable bonds is 8. The number of benzene rings is 1. The average molecular weight is 565 g/mol. The number of carbonyl (C=O) groups is 1. The molecule has 0 saturated heterocycles. The summed E-state index contributed by atoms with van der Waals surface area (Å²) in [5.41, 5.74) is 1.10. The van der Waals surface area contributed by atoms with Crippen molar-refractivity contribution >= 4 is 63.1 Å². The number of guanidine groups is 1. The summed E-state index contributed by atoms with van der Waals surface area (Å²) >= 11 is 5.21. The quantitative estimate of drug-likeness (QED) is 0.286. The number of amides is 1. The van der Waals surface area contributed by atoms with Crippen molar-refractivity contribution in [3.8, 4) is 0 Å². The van der Waals surface area contributed by atoms with Crippen molar-refractivity contribution in [2.75, 3.05) is 20.1 Å². The first-order valence-electron chi connectivity index (χ1n) is 8.62. The molecule has 0 aliphatic rings. The molecule has 1 amide bonds. The van der Waals surface area contributed by atoms with Crippen LogP contribution < -0.4 is 10.6 Å². The molecule has 2 aromatic rings. The van der Waals surface area contributed by atoms with Crippen LogP contribution in [0.1, 0.15) is 23.8 Å². The lowest BCUT2D eigenvalue weighted by molar-refractivity contribution is -0.130. The van der Waals surface area contributed by atoms with Crippen molar-refractivity contribution in [2.45, 2.75) is 26.4 Å². The Morgan fingerprint density at radius 2 is 2.00 bits per heavy atom. The van der Waals surface area contributed by atoms with Gasteiger partial charge in [0.2, 0.25) is 5.91 Å².